The fraction of sp³-hybridized carbons (Fsp3) is 0.636. The van der Waals surface area contributed by atoms with E-state index in [9.17, 15) is 9.18 Å². The van der Waals surface area contributed by atoms with E-state index in [0.717, 1.165) is 0 Å². The Morgan fingerprint density at radius 2 is 2.61 bits per heavy atom. The first kappa shape index (κ1) is 13.0. The molecule has 1 aliphatic heterocycles. The molecule has 100 valence electrons. The van der Waals surface area contributed by atoms with Gasteiger partial charge in [-0.3, -0.25) is 9.48 Å². The third-order valence-electron chi connectivity index (χ3n) is 2.81. The van der Waals surface area contributed by atoms with Crippen molar-refractivity contribution in [2.75, 3.05) is 25.6 Å². The number of nitrogens with one attached hydrogen (secondary N) is 2. The molecular formula is C11H17FN4O2. The Morgan fingerprint density at radius 3 is 3.28 bits per heavy atom. The number of amides is 1. The fourth-order valence-corrected chi connectivity index (χ4v) is 1.84. The maximum absolute atomic E-state index is 12.9. The number of hydrogen-bond acceptors (Lipinski definition) is 4. The van der Waals surface area contributed by atoms with Gasteiger partial charge in [-0.1, -0.05) is 0 Å². The summed E-state index contributed by atoms with van der Waals surface area (Å²) in [6.45, 7) is 1.42. The standard InChI is InChI=1S/C11H17FN4O2/c1-18-5-4-16-3-2-10(15-16)14-11(17)9-6-8(12)7-13-9/h2-3,8-9,13H,4-7H2,1H3,(H,14,15,17)/t8-,9+/m0/s1. The Morgan fingerprint density at radius 1 is 1.78 bits per heavy atom. The predicted octanol–water partition coefficient (Wildman–Crippen LogP) is 0.168. The molecule has 0 aliphatic carbocycles. The van der Waals surface area contributed by atoms with Gasteiger partial charge in [-0.05, 0) is 0 Å². The van der Waals surface area contributed by atoms with E-state index in [-0.39, 0.29) is 18.9 Å². The van der Waals surface area contributed by atoms with Crippen LogP contribution >= 0.6 is 0 Å². The third-order valence-corrected chi connectivity index (χ3v) is 2.81. The van der Waals surface area contributed by atoms with Crippen molar-refractivity contribution in [3.05, 3.63) is 12.3 Å². The Balaban J connectivity index is 1.85. The molecule has 2 rings (SSSR count). The van der Waals surface area contributed by atoms with Crippen LogP contribution in [-0.4, -0.2) is 48.2 Å². The zero-order chi connectivity index (χ0) is 13.0. The maximum atomic E-state index is 12.9. The SMILES string of the molecule is COCCn1ccc(NC(=O)[C@H]2C[C@H](F)CN2)n1. The summed E-state index contributed by atoms with van der Waals surface area (Å²) in [4.78, 5) is 11.8. The number of halogens is 1. The number of ether oxygens (including phenoxy) is 1. The average Bonchev–Trinajstić information content (AvgIpc) is 2.96. The molecule has 2 N–H and O–H groups in total. The van der Waals surface area contributed by atoms with Crippen molar-refractivity contribution in [1.29, 1.82) is 0 Å². The lowest BCUT2D eigenvalue weighted by Crippen LogP contribution is -2.35. The Kier molecular flexibility index (Phi) is 4.27. The minimum absolute atomic E-state index is 0.218. The average molecular weight is 256 g/mol. The number of hydrogen-bond donors (Lipinski definition) is 2. The van der Waals surface area contributed by atoms with Gasteiger partial charge in [0.05, 0.1) is 19.2 Å². The molecule has 1 saturated heterocycles. The highest BCUT2D eigenvalue weighted by atomic mass is 19.1. The second-order valence-corrected chi connectivity index (χ2v) is 4.24. The van der Waals surface area contributed by atoms with Crippen molar-refractivity contribution in [2.45, 2.75) is 25.2 Å². The van der Waals surface area contributed by atoms with Gasteiger partial charge in [-0.25, -0.2) is 4.39 Å². The maximum Gasteiger partial charge on any atom is 0.242 e. The summed E-state index contributed by atoms with van der Waals surface area (Å²) in [5.74, 6) is 0.229. The van der Waals surface area contributed by atoms with Gasteiger partial charge >= 0.3 is 0 Å². The largest absolute Gasteiger partial charge is 0.383 e. The molecule has 1 fully saturated rings. The molecule has 6 nitrogen and oxygen atoms in total. The Bertz CT molecular complexity index is 410. The number of anilines is 1. The van der Waals surface area contributed by atoms with Crippen LogP contribution in [0.2, 0.25) is 0 Å². The zero-order valence-corrected chi connectivity index (χ0v) is 10.2. The molecule has 1 aromatic rings. The number of rotatable bonds is 5. The lowest BCUT2D eigenvalue weighted by atomic mass is 10.2. The van der Waals surface area contributed by atoms with Crippen molar-refractivity contribution in [2.24, 2.45) is 0 Å². The molecule has 1 aromatic heterocycles. The van der Waals surface area contributed by atoms with Gasteiger partial charge in [-0.2, -0.15) is 5.10 Å². The summed E-state index contributed by atoms with van der Waals surface area (Å²) >= 11 is 0. The smallest absolute Gasteiger partial charge is 0.242 e. The van der Waals surface area contributed by atoms with Gasteiger partial charge < -0.3 is 15.4 Å². The van der Waals surface area contributed by atoms with E-state index >= 15 is 0 Å². The highest BCUT2D eigenvalue weighted by Crippen LogP contribution is 2.12. The zero-order valence-electron chi connectivity index (χ0n) is 10.2. The van der Waals surface area contributed by atoms with Gasteiger partial charge in [-0.15, -0.1) is 0 Å². The van der Waals surface area contributed by atoms with E-state index in [1.807, 2.05) is 0 Å². The monoisotopic (exact) mass is 256 g/mol. The minimum Gasteiger partial charge on any atom is -0.383 e. The van der Waals surface area contributed by atoms with E-state index in [4.69, 9.17) is 4.74 Å². The van der Waals surface area contributed by atoms with E-state index in [1.54, 1.807) is 24.1 Å². The van der Waals surface area contributed by atoms with Crippen molar-refractivity contribution in [3.63, 3.8) is 0 Å². The van der Waals surface area contributed by atoms with Crippen LogP contribution in [0.5, 0.6) is 0 Å². The van der Waals surface area contributed by atoms with Crippen molar-refractivity contribution in [1.82, 2.24) is 15.1 Å². The van der Waals surface area contributed by atoms with Crippen LogP contribution in [0.3, 0.4) is 0 Å². The topological polar surface area (TPSA) is 68.2 Å². The number of nitrogens with zero attached hydrogens (tertiary/aromatic N) is 2. The van der Waals surface area contributed by atoms with Crippen LogP contribution in [0.4, 0.5) is 10.2 Å². The van der Waals surface area contributed by atoms with Crippen LogP contribution in [0.15, 0.2) is 12.3 Å². The summed E-state index contributed by atoms with van der Waals surface area (Å²) in [5.41, 5.74) is 0. The number of carbonyl (C=O) groups excluding carboxylic acids is 1. The first-order chi connectivity index (χ1) is 8.69. The molecule has 18 heavy (non-hydrogen) atoms. The van der Waals surface area contributed by atoms with Crippen molar-refractivity contribution >= 4 is 11.7 Å². The highest BCUT2D eigenvalue weighted by molar-refractivity contribution is 5.94. The van der Waals surface area contributed by atoms with Crippen LogP contribution < -0.4 is 10.6 Å². The van der Waals surface area contributed by atoms with Gasteiger partial charge in [0.2, 0.25) is 5.91 Å². The predicted molar refractivity (Wildman–Crippen MR) is 64.0 cm³/mol. The van der Waals surface area contributed by atoms with Gasteiger partial charge in [0.25, 0.3) is 0 Å². The van der Waals surface area contributed by atoms with Gasteiger partial charge in [0, 0.05) is 32.3 Å². The molecule has 0 bridgehead atoms. The Labute approximate surface area is 104 Å². The second-order valence-electron chi connectivity index (χ2n) is 4.24. The molecule has 0 aromatic carbocycles. The minimum atomic E-state index is -0.944. The van der Waals surface area contributed by atoms with E-state index in [0.29, 0.717) is 19.0 Å². The molecular weight excluding hydrogens is 239 g/mol. The molecule has 1 amide bonds. The van der Waals surface area contributed by atoms with Crippen molar-refractivity contribution in [3.8, 4) is 0 Å². The summed E-state index contributed by atoms with van der Waals surface area (Å²) in [6, 6.07) is 1.24. The molecule has 2 atom stereocenters. The van der Waals surface area contributed by atoms with Gasteiger partial charge in [0.1, 0.15) is 6.17 Å². The van der Waals surface area contributed by atoms with E-state index in [1.165, 1.54) is 0 Å². The molecule has 0 unspecified atom stereocenters. The van der Waals surface area contributed by atoms with Crippen LogP contribution in [0, 0.1) is 0 Å². The van der Waals surface area contributed by atoms with Crippen LogP contribution in [0.1, 0.15) is 6.42 Å². The van der Waals surface area contributed by atoms with Crippen LogP contribution in [0.25, 0.3) is 0 Å². The van der Waals surface area contributed by atoms with Gasteiger partial charge in [0.15, 0.2) is 5.82 Å². The van der Waals surface area contributed by atoms with Crippen LogP contribution in [-0.2, 0) is 16.1 Å². The summed E-state index contributed by atoms with van der Waals surface area (Å²) in [5, 5.41) is 9.65. The number of alkyl halides is 1. The molecule has 1 aliphatic rings. The second kappa shape index (κ2) is 5.92. The molecule has 0 saturated carbocycles. The summed E-state index contributed by atoms with van der Waals surface area (Å²) in [6.07, 6.45) is 1.03. The molecule has 2 heterocycles. The number of methoxy groups -OCH3 is 1. The Hall–Kier alpha value is -1.47. The van der Waals surface area contributed by atoms with E-state index < -0.39 is 12.2 Å². The first-order valence-electron chi connectivity index (χ1n) is 5.89. The summed E-state index contributed by atoms with van der Waals surface area (Å²) < 4.78 is 19.5. The molecule has 0 spiro atoms. The normalized spacial score (nSPS) is 23.2. The molecule has 0 radical (unpaired) electrons. The summed E-state index contributed by atoms with van der Waals surface area (Å²) in [7, 11) is 1.62. The lowest BCUT2D eigenvalue weighted by Gasteiger charge is -2.08. The first-order valence-corrected chi connectivity index (χ1v) is 5.89. The van der Waals surface area contributed by atoms with Crippen molar-refractivity contribution < 1.29 is 13.9 Å². The lowest BCUT2D eigenvalue weighted by molar-refractivity contribution is -0.117. The van der Waals surface area contributed by atoms with E-state index in [2.05, 4.69) is 15.7 Å². The highest BCUT2D eigenvalue weighted by Gasteiger charge is 2.29. The molecule has 7 heteroatoms. The number of aromatic nitrogens is 2. The number of carbonyl (C=O) groups is 1. The quantitative estimate of drug-likeness (QED) is 0.788. The fourth-order valence-electron chi connectivity index (χ4n) is 1.84. The third kappa shape index (κ3) is 3.27.